The fourth-order valence-electron chi connectivity index (χ4n) is 2.81. The van der Waals surface area contributed by atoms with E-state index in [9.17, 15) is 0 Å². The molecule has 1 aromatic rings. The lowest BCUT2D eigenvalue weighted by atomic mass is 10.2. The Morgan fingerprint density at radius 1 is 1.37 bits per heavy atom. The van der Waals surface area contributed by atoms with Crippen LogP contribution >= 0.6 is 11.6 Å². The van der Waals surface area contributed by atoms with Crippen molar-refractivity contribution in [1.29, 1.82) is 0 Å². The third-order valence-corrected chi connectivity index (χ3v) is 4.27. The molecule has 0 spiro atoms. The number of likely N-dealkylation sites (tertiary alicyclic amines) is 1. The average molecular weight is 281 g/mol. The average Bonchev–Trinajstić information content (AvgIpc) is 3.15. The van der Waals surface area contributed by atoms with Crippen molar-refractivity contribution in [3.8, 4) is 0 Å². The van der Waals surface area contributed by atoms with Gasteiger partial charge in [-0.05, 0) is 38.8 Å². The van der Waals surface area contributed by atoms with E-state index in [1.165, 1.54) is 32.2 Å². The number of aromatic nitrogens is 2. The Morgan fingerprint density at radius 3 is 2.95 bits per heavy atom. The van der Waals surface area contributed by atoms with Crippen LogP contribution in [0, 0.1) is 0 Å². The molecule has 5 heteroatoms. The summed E-state index contributed by atoms with van der Waals surface area (Å²) in [6.07, 6.45) is 4.98. The van der Waals surface area contributed by atoms with Gasteiger partial charge in [0.1, 0.15) is 16.8 Å². The van der Waals surface area contributed by atoms with Gasteiger partial charge in [0.15, 0.2) is 0 Å². The molecular weight excluding hydrogens is 260 g/mol. The molecule has 2 aliphatic rings. The molecule has 4 nitrogen and oxygen atoms in total. The summed E-state index contributed by atoms with van der Waals surface area (Å²) >= 11 is 6.07. The van der Waals surface area contributed by atoms with Crippen LogP contribution in [0.4, 0.5) is 5.82 Å². The predicted molar refractivity (Wildman–Crippen MR) is 77.8 cm³/mol. The highest BCUT2D eigenvalue weighted by Gasteiger charge is 2.27. The van der Waals surface area contributed by atoms with E-state index in [1.54, 1.807) is 0 Å². The largest absolute Gasteiger partial charge is 0.368 e. The van der Waals surface area contributed by atoms with E-state index in [0.29, 0.717) is 17.1 Å². The van der Waals surface area contributed by atoms with Gasteiger partial charge in [0.25, 0.3) is 0 Å². The SMILES string of the molecule is CCN1CCCC1CNc1cc(Cl)nc(C2CC2)n1. The summed E-state index contributed by atoms with van der Waals surface area (Å²) in [6, 6.07) is 2.46. The fourth-order valence-corrected chi connectivity index (χ4v) is 3.00. The maximum absolute atomic E-state index is 6.07. The van der Waals surface area contributed by atoms with Crippen LogP contribution in [0.5, 0.6) is 0 Å². The molecule has 2 heterocycles. The van der Waals surface area contributed by atoms with Crippen LogP contribution in [0.2, 0.25) is 5.15 Å². The summed E-state index contributed by atoms with van der Waals surface area (Å²) in [6.45, 7) is 5.53. The Hall–Kier alpha value is -0.870. The molecule has 1 aliphatic carbocycles. The fraction of sp³-hybridized carbons (Fsp3) is 0.714. The standard InChI is InChI=1S/C14H21ClN4/c1-2-19-7-3-4-11(19)9-16-13-8-12(15)17-14(18-13)10-5-6-10/h8,10-11H,2-7,9H2,1H3,(H,16,17,18). The van der Waals surface area contributed by atoms with Crippen LogP contribution in [-0.2, 0) is 0 Å². The molecule has 1 unspecified atom stereocenters. The topological polar surface area (TPSA) is 41.0 Å². The Labute approximate surface area is 119 Å². The number of nitrogens with zero attached hydrogens (tertiary/aromatic N) is 3. The van der Waals surface area contributed by atoms with E-state index in [2.05, 4.69) is 27.1 Å². The monoisotopic (exact) mass is 280 g/mol. The molecule has 1 saturated heterocycles. The highest BCUT2D eigenvalue weighted by Crippen LogP contribution is 2.38. The smallest absolute Gasteiger partial charge is 0.135 e. The number of likely N-dealkylation sites (N-methyl/N-ethyl adjacent to an activating group) is 1. The van der Waals surface area contributed by atoms with Gasteiger partial charge in [0.05, 0.1) is 0 Å². The molecule has 104 valence electrons. The highest BCUT2D eigenvalue weighted by molar-refractivity contribution is 6.29. The Kier molecular flexibility index (Phi) is 3.89. The minimum absolute atomic E-state index is 0.540. The van der Waals surface area contributed by atoms with Crippen LogP contribution in [0.15, 0.2) is 6.07 Å². The first-order chi connectivity index (χ1) is 9.26. The summed E-state index contributed by atoms with van der Waals surface area (Å²) in [5.41, 5.74) is 0. The third kappa shape index (κ3) is 3.18. The Balaban J connectivity index is 1.63. The first-order valence-electron chi connectivity index (χ1n) is 7.28. The number of hydrogen-bond donors (Lipinski definition) is 1. The van der Waals surface area contributed by atoms with Gasteiger partial charge in [-0.25, -0.2) is 9.97 Å². The summed E-state index contributed by atoms with van der Waals surface area (Å²) in [5, 5.41) is 3.99. The second-order valence-corrected chi connectivity index (χ2v) is 5.90. The maximum atomic E-state index is 6.07. The van der Waals surface area contributed by atoms with Crippen molar-refractivity contribution < 1.29 is 0 Å². The van der Waals surface area contributed by atoms with Crippen LogP contribution in [-0.4, -0.2) is 40.5 Å². The number of halogens is 1. The van der Waals surface area contributed by atoms with Crippen LogP contribution in [0.3, 0.4) is 0 Å². The van der Waals surface area contributed by atoms with E-state index in [1.807, 2.05) is 6.07 Å². The van der Waals surface area contributed by atoms with Gasteiger partial charge in [-0.3, -0.25) is 4.90 Å². The van der Waals surface area contributed by atoms with Crippen molar-refractivity contribution in [1.82, 2.24) is 14.9 Å². The Morgan fingerprint density at radius 2 is 2.21 bits per heavy atom. The van der Waals surface area contributed by atoms with Gasteiger partial charge in [-0.2, -0.15) is 0 Å². The van der Waals surface area contributed by atoms with Crippen molar-refractivity contribution in [2.24, 2.45) is 0 Å². The highest BCUT2D eigenvalue weighted by atomic mass is 35.5. The van der Waals surface area contributed by atoms with Crippen LogP contribution in [0.25, 0.3) is 0 Å². The van der Waals surface area contributed by atoms with Gasteiger partial charge < -0.3 is 5.32 Å². The van der Waals surface area contributed by atoms with Gasteiger partial charge in [0, 0.05) is 24.6 Å². The van der Waals surface area contributed by atoms with Crippen molar-refractivity contribution in [3.05, 3.63) is 17.0 Å². The zero-order valence-corrected chi connectivity index (χ0v) is 12.2. The molecular formula is C14H21ClN4. The van der Waals surface area contributed by atoms with Gasteiger partial charge in [-0.15, -0.1) is 0 Å². The minimum atomic E-state index is 0.540. The Bertz CT molecular complexity index is 447. The summed E-state index contributed by atoms with van der Waals surface area (Å²) in [7, 11) is 0. The van der Waals surface area contributed by atoms with E-state index in [4.69, 9.17) is 11.6 Å². The van der Waals surface area contributed by atoms with Gasteiger partial charge in [-0.1, -0.05) is 18.5 Å². The van der Waals surface area contributed by atoms with E-state index in [-0.39, 0.29) is 0 Å². The number of hydrogen-bond acceptors (Lipinski definition) is 4. The zero-order chi connectivity index (χ0) is 13.2. The first-order valence-corrected chi connectivity index (χ1v) is 7.66. The second kappa shape index (κ2) is 5.63. The summed E-state index contributed by atoms with van der Waals surface area (Å²) in [4.78, 5) is 11.4. The van der Waals surface area contributed by atoms with E-state index < -0.39 is 0 Å². The molecule has 0 aromatic carbocycles. The van der Waals surface area contributed by atoms with Crippen LogP contribution < -0.4 is 5.32 Å². The molecule has 19 heavy (non-hydrogen) atoms. The molecule has 3 rings (SSSR count). The van der Waals surface area contributed by atoms with Crippen molar-refractivity contribution in [2.45, 2.75) is 44.6 Å². The third-order valence-electron chi connectivity index (χ3n) is 4.08. The molecule has 0 amide bonds. The normalized spacial score (nSPS) is 23.8. The molecule has 1 aromatic heterocycles. The summed E-state index contributed by atoms with van der Waals surface area (Å²) < 4.78 is 0. The molecule has 1 atom stereocenters. The quantitative estimate of drug-likeness (QED) is 0.842. The lowest BCUT2D eigenvalue weighted by Crippen LogP contribution is -2.34. The van der Waals surface area contributed by atoms with Gasteiger partial charge >= 0.3 is 0 Å². The molecule has 1 N–H and O–H groups in total. The molecule has 1 aliphatic heterocycles. The maximum Gasteiger partial charge on any atom is 0.135 e. The molecule has 2 fully saturated rings. The van der Waals surface area contributed by atoms with Crippen LogP contribution in [0.1, 0.15) is 44.3 Å². The predicted octanol–water partition coefficient (Wildman–Crippen LogP) is 2.90. The minimum Gasteiger partial charge on any atom is -0.368 e. The number of anilines is 1. The molecule has 1 saturated carbocycles. The summed E-state index contributed by atoms with van der Waals surface area (Å²) in [5.74, 6) is 2.33. The van der Waals surface area contributed by atoms with Gasteiger partial charge in [0.2, 0.25) is 0 Å². The lowest BCUT2D eigenvalue weighted by Gasteiger charge is -2.23. The number of nitrogens with one attached hydrogen (secondary N) is 1. The zero-order valence-electron chi connectivity index (χ0n) is 11.4. The second-order valence-electron chi connectivity index (χ2n) is 5.51. The van der Waals surface area contributed by atoms with E-state index >= 15 is 0 Å². The first kappa shape index (κ1) is 13.1. The molecule has 0 bridgehead atoms. The lowest BCUT2D eigenvalue weighted by molar-refractivity contribution is 0.277. The number of rotatable bonds is 5. The van der Waals surface area contributed by atoms with E-state index in [0.717, 1.165) is 24.7 Å². The van der Waals surface area contributed by atoms with Crippen molar-refractivity contribution >= 4 is 17.4 Å². The van der Waals surface area contributed by atoms with Crippen molar-refractivity contribution in [2.75, 3.05) is 25.0 Å². The molecule has 0 radical (unpaired) electrons. The van der Waals surface area contributed by atoms with Crippen molar-refractivity contribution in [3.63, 3.8) is 0 Å².